The van der Waals surface area contributed by atoms with Gasteiger partial charge in [-0.15, -0.1) is 0 Å². The molecule has 62 heavy (non-hydrogen) atoms. The van der Waals surface area contributed by atoms with Crippen molar-refractivity contribution in [2.45, 2.75) is 81.7 Å². The molecule has 2 aromatic carbocycles. The number of aromatic nitrogens is 8. The number of benzene rings is 2. The Hall–Kier alpha value is -5.97. The lowest BCUT2D eigenvalue weighted by Gasteiger charge is -2.24. The minimum Gasteiger partial charge on any atom is -0.344 e. The Morgan fingerprint density at radius 1 is 1.00 bits per heavy atom. The van der Waals surface area contributed by atoms with Crippen LogP contribution >= 0.6 is 11.6 Å². The lowest BCUT2D eigenvalue weighted by atomic mass is 10.0. The number of alkyl halides is 6. The molecule has 2 aliphatic rings. The molecule has 6 aromatic rings. The van der Waals surface area contributed by atoms with Crippen molar-refractivity contribution in [2.75, 3.05) is 4.72 Å². The predicted octanol–water partition coefficient (Wildman–Crippen LogP) is 6.97. The lowest BCUT2D eigenvalue weighted by Crippen LogP contribution is -2.38. The van der Waals surface area contributed by atoms with Crippen LogP contribution in [0.2, 0.25) is 5.02 Å². The molecule has 2 aliphatic carbocycles. The zero-order chi connectivity index (χ0) is 44.4. The van der Waals surface area contributed by atoms with E-state index in [0.29, 0.717) is 28.3 Å². The van der Waals surface area contributed by atoms with Gasteiger partial charge in [0.25, 0.3) is 24.3 Å². The maximum Gasteiger partial charge on any atom is 0.290 e. The molecule has 2 atom stereocenters. The predicted molar refractivity (Wildman–Crippen MR) is 206 cm³/mol. The van der Waals surface area contributed by atoms with Crippen molar-refractivity contribution in [3.8, 4) is 17.1 Å². The van der Waals surface area contributed by atoms with Gasteiger partial charge in [-0.25, -0.2) is 39.7 Å². The average molecular weight is 911 g/mol. The number of nitrogens with zero attached hydrogens (tertiary/aromatic N) is 8. The van der Waals surface area contributed by atoms with Crippen molar-refractivity contribution in [3.63, 3.8) is 0 Å². The van der Waals surface area contributed by atoms with Crippen molar-refractivity contribution in [2.24, 2.45) is 0 Å². The number of hydrogen-bond acceptors (Lipinski definition) is 9. The number of nitrogens with one attached hydrogen (secondary N) is 2. The molecular formula is C38H31ClF8N10O4S. The van der Waals surface area contributed by atoms with Gasteiger partial charge in [-0.1, -0.05) is 18.5 Å². The van der Waals surface area contributed by atoms with Crippen LogP contribution < -0.4 is 15.6 Å². The van der Waals surface area contributed by atoms with Crippen molar-refractivity contribution in [1.82, 2.24) is 44.4 Å². The summed E-state index contributed by atoms with van der Waals surface area (Å²) in [5.41, 5.74) is -4.15. The molecule has 0 saturated heterocycles. The molecule has 4 aromatic heterocycles. The van der Waals surface area contributed by atoms with Gasteiger partial charge < -0.3 is 5.32 Å². The van der Waals surface area contributed by atoms with Crippen LogP contribution in [0, 0.1) is 11.6 Å². The summed E-state index contributed by atoms with van der Waals surface area (Å²) in [4.78, 5) is 41.3. The lowest BCUT2D eigenvalue weighted by molar-refractivity contribution is -0.123. The van der Waals surface area contributed by atoms with E-state index < -0.39 is 124 Å². The van der Waals surface area contributed by atoms with E-state index in [4.69, 9.17) is 11.6 Å². The third-order valence-electron chi connectivity index (χ3n) is 10.3. The molecule has 0 aliphatic heterocycles. The van der Waals surface area contributed by atoms with E-state index in [1.54, 1.807) is 0 Å². The number of carbonyl (C=O) groups is 1. The molecule has 14 nitrogen and oxygen atoms in total. The van der Waals surface area contributed by atoms with E-state index in [2.05, 4.69) is 35.2 Å². The summed E-state index contributed by atoms with van der Waals surface area (Å²) >= 11 is 6.59. The van der Waals surface area contributed by atoms with Gasteiger partial charge in [0.05, 0.1) is 44.8 Å². The quantitative estimate of drug-likeness (QED) is 0.110. The summed E-state index contributed by atoms with van der Waals surface area (Å²) in [5, 5.41) is 9.11. The molecule has 4 heterocycles. The second kappa shape index (κ2) is 16.1. The van der Waals surface area contributed by atoms with Gasteiger partial charge in [-0.05, 0) is 48.6 Å². The van der Waals surface area contributed by atoms with E-state index in [9.17, 15) is 44.3 Å². The van der Waals surface area contributed by atoms with Crippen molar-refractivity contribution in [1.29, 1.82) is 0 Å². The Bertz CT molecular complexity index is 2890. The van der Waals surface area contributed by atoms with Crippen LogP contribution in [0.4, 0.5) is 40.9 Å². The summed E-state index contributed by atoms with van der Waals surface area (Å²) < 4.78 is 147. The summed E-state index contributed by atoms with van der Waals surface area (Å²) in [7, 11) is -4.08. The highest BCUT2D eigenvalue weighted by molar-refractivity contribution is 7.93. The normalized spacial score (nSPS) is 16.6. The van der Waals surface area contributed by atoms with Crippen LogP contribution in [0.1, 0.15) is 72.9 Å². The summed E-state index contributed by atoms with van der Waals surface area (Å²) in [5.74, 6) is -8.89. The third kappa shape index (κ3) is 8.21. The standard InChI is InChI=1S/C38H31ClF8N10O4S/c1-17-13-38(46,47)34-30(17)32(35(44)45)52-56(34)16-28(58)50-24(10-18-8-19(40)11-20(41)9-18)37-51-23(25-14-48-6-7-49-25)12-29(59)57(37)26-5-4-22(39)31-33(26)55(15-27(42)43)53-36(31)54-62(60,61)21-2-3-21/h4-9,11-12,14,17,21,24,27,35H,2-3,10,13,15-16H2,1H3,(H,50,58)(H,53,54)/t17-,24+/m1/s1. The number of amides is 1. The van der Waals surface area contributed by atoms with E-state index in [-0.39, 0.29) is 38.6 Å². The van der Waals surface area contributed by atoms with E-state index >= 15 is 8.78 Å². The van der Waals surface area contributed by atoms with Crippen molar-refractivity contribution < 1.29 is 48.3 Å². The molecule has 8 rings (SSSR count). The highest BCUT2D eigenvalue weighted by atomic mass is 35.5. The highest BCUT2D eigenvalue weighted by Gasteiger charge is 2.50. The largest absolute Gasteiger partial charge is 0.344 e. The summed E-state index contributed by atoms with van der Waals surface area (Å²) in [6, 6.07) is 4.05. The molecule has 1 amide bonds. The third-order valence-corrected chi connectivity index (χ3v) is 12.4. The van der Waals surface area contributed by atoms with Crippen molar-refractivity contribution in [3.05, 3.63) is 110 Å². The van der Waals surface area contributed by atoms with E-state index in [0.717, 1.165) is 22.8 Å². The summed E-state index contributed by atoms with van der Waals surface area (Å²) in [6.45, 7) is -0.922. The second-order valence-corrected chi connectivity index (χ2v) is 17.2. The number of hydrogen-bond donors (Lipinski definition) is 2. The monoisotopic (exact) mass is 910 g/mol. The zero-order valence-electron chi connectivity index (χ0n) is 31.8. The van der Waals surface area contributed by atoms with Crippen molar-refractivity contribution >= 4 is 44.3 Å². The van der Waals surface area contributed by atoms with Gasteiger partial charge in [0.15, 0.2) is 5.82 Å². The molecule has 0 unspecified atom stereocenters. The molecule has 0 radical (unpaired) electrons. The van der Waals surface area contributed by atoms with Gasteiger partial charge >= 0.3 is 0 Å². The molecule has 0 spiro atoms. The molecule has 24 heteroatoms. The molecule has 2 N–H and O–H groups in total. The Kier molecular flexibility index (Phi) is 11.1. The minimum atomic E-state index is -4.08. The van der Waals surface area contributed by atoms with Crippen LogP contribution in [0.3, 0.4) is 0 Å². The highest BCUT2D eigenvalue weighted by Crippen LogP contribution is 2.51. The fraction of sp³-hybridized carbons (Fsp3) is 0.342. The van der Waals surface area contributed by atoms with Crippen LogP contribution in [-0.2, 0) is 40.3 Å². The molecule has 0 bridgehead atoms. The van der Waals surface area contributed by atoms with E-state index in [1.165, 1.54) is 37.6 Å². The van der Waals surface area contributed by atoms with Crippen LogP contribution in [0.15, 0.2) is 59.8 Å². The topological polar surface area (TPSA) is 172 Å². The fourth-order valence-electron chi connectivity index (χ4n) is 7.68. The Morgan fingerprint density at radius 3 is 2.37 bits per heavy atom. The Labute approximate surface area is 350 Å². The first-order chi connectivity index (χ1) is 29.3. The molecule has 326 valence electrons. The first-order valence-electron chi connectivity index (χ1n) is 18.7. The Balaban J connectivity index is 1.34. The number of halogens is 9. The van der Waals surface area contributed by atoms with Crippen LogP contribution in [0.25, 0.3) is 28.0 Å². The molecule has 1 saturated carbocycles. The van der Waals surface area contributed by atoms with Gasteiger partial charge in [0.1, 0.15) is 47.6 Å². The van der Waals surface area contributed by atoms with Crippen LogP contribution in [-0.4, -0.2) is 65.1 Å². The summed E-state index contributed by atoms with van der Waals surface area (Å²) in [6.07, 6.45) is -3.34. The SMILES string of the molecule is C[C@@H]1CC(F)(F)c2c1c(C(F)F)nn2CC(=O)N[C@@H](Cc1cc(F)cc(F)c1)c1nc(-c2cnccn2)cc(=O)n1-c1ccc(Cl)c2c(NS(=O)(=O)C3CC3)nn(CC(F)F)c12. The number of carbonyl (C=O) groups excluding carboxylic acids is 1. The first kappa shape index (κ1) is 42.7. The number of sulfonamides is 1. The maximum absolute atomic E-state index is 15.3. The fourth-order valence-corrected chi connectivity index (χ4v) is 9.26. The number of fused-ring (bicyclic) bond motifs is 2. The van der Waals surface area contributed by atoms with Gasteiger partial charge in [0.2, 0.25) is 15.9 Å². The van der Waals surface area contributed by atoms with Gasteiger partial charge in [0, 0.05) is 42.9 Å². The first-order valence-corrected chi connectivity index (χ1v) is 20.6. The second-order valence-electron chi connectivity index (χ2n) is 14.8. The maximum atomic E-state index is 15.3. The van der Waals surface area contributed by atoms with E-state index in [1.807, 2.05) is 0 Å². The van der Waals surface area contributed by atoms with Crippen LogP contribution in [0.5, 0.6) is 0 Å². The Morgan fingerprint density at radius 2 is 1.73 bits per heavy atom. The molecular weight excluding hydrogens is 880 g/mol. The number of rotatable bonds is 14. The van der Waals surface area contributed by atoms with Gasteiger partial charge in [-0.2, -0.15) is 19.0 Å². The average Bonchev–Trinajstić information content (AvgIpc) is 3.84. The molecule has 1 fully saturated rings. The smallest absolute Gasteiger partial charge is 0.290 e. The minimum absolute atomic E-state index is 0.00336. The zero-order valence-corrected chi connectivity index (χ0v) is 33.4. The van der Waals surface area contributed by atoms with Gasteiger partial charge in [-0.3, -0.25) is 38.2 Å². The number of anilines is 1.